The highest BCUT2D eigenvalue weighted by molar-refractivity contribution is 9.10. The van der Waals surface area contributed by atoms with Crippen molar-refractivity contribution >= 4 is 27.3 Å². The van der Waals surface area contributed by atoms with E-state index in [1.165, 1.54) is 17.0 Å². The predicted molar refractivity (Wildman–Crippen MR) is 77.1 cm³/mol. The largest absolute Gasteiger partial charge is 0.329 e. The first kappa shape index (κ1) is 13.7. The number of rotatable bonds is 5. The van der Waals surface area contributed by atoms with Crippen LogP contribution < -0.4 is 11.1 Å². The van der Waals surface area contributed by atoms with Crippen molar-refractivity contribution in [3.05, 3.63) is 56.4 Å². The van der Waals surface area contributed by atoms with Crippen molar-refractivity contribution in [2.75, 3.05) is 6.54 Å². The Morgan fingerprint density at radius 1 is 1.39 bits per heavy atom. The van der Waals surface area contributed by atoms with Gasteiger partial charge in [0.25, 0.3) is 0 Å². The average molecular weight is 329 g/mol. The molecule has 0 aliphatic heterocycles. The number of benzene rings is 1. The quantitative estimate of drug-likeness (QED) is 0.882. The Labute approximate surface area is 118 Å². The summed E-state index contributed by atoms with van der Waals surface area (Å²) in [7, 11) is 0. The van der Waals surface area contributed by atoms with E-state index in [0.717, 1.165) is 16.6 Å². The first-order valence-corrected chi connectivity index (χ1v) is 7.28. The predicted octanol–water partition coefficient (Wildman–Crippen LogP) is 3.44. The van der Waals surface area contributed by atoms with Crippen LogP contribution in [-0.4, -0.2) is 6.54 Å². The normalized spacial score (nSPS) is 12.6. The Kier molecular flexibility index (Phi) is 4.88. The third-order valence-electron chi connectivity index (χ3n) is 2.67. The van der Waals surface area contributed by atoms with E-state index in [1.807, 2.05) is 11.4 Å². The molecule has 1 heterocycles. The maximum Gasteiger partial charge on any atom is 0.123 e. The maximum absolute atomic E-state index is 13.3. The van der Waals surface area contributed by atoms with Gasteiger partial charge in [-0.25, -0.2) is 4.39 Å². The molecule has 3 N–H and O–H groups in total. The van der Waals surface area contributed by atoms with E-state index in [1.54, 1.807) is 17.4 Å². The Morgan fingerprint density at radius 2 is 2.22 bits per heavy atom. The Hall–Kier alpha value is -0.750. The van der Waals surface area contributed by atoms with Crippen molar-refractivity contribution in [3.8, 4) is 0 Å². The summed E-state index contributed by atoms with van der Waals surface area (Å²) in [6.45, 7) is 1.16. The van der Waals surface area contributed by atoms with E-state index in [2.05, 4.69) is 27.3 Å². The topological polar surface area (TPSA) is 38.0 Å². The molecule has 96 valence electrons. The number of nitrogens with two attached hydrogens (primary N) is 1. The Balaban J connectivity index is 2.10. The molecule has 0 saturated heterocycles. The van der Waals surface area contributed by atoms with Crippen molar-refractivity contribution in [1.82, 2.24) is 5.32 Å². The molecule has 1 unspecified atom stereocenters. The minimum Gasteiger partial charge on any atom is -0.329 e. The van der Waals surface area contributed by atoms with Crippen molar-refractivity contribution in [2.24, 2.45) is 5.73 Å². The van der Waals surface area contributed by atoms with Crippen LogP contribution in [0.2, 0.25) is 0 Å². The number of thiophene rings is 1. The molecule has 0 aliphatic rings. The van der Waals surface area contributed by atoms with E-state index >= 15 is 0 Å². The molecule has 1 aromatic heterocycles. The van der Waals surface area contributed by atoms with Crippen molar-refractivity contribution in [1.29, 1.82) is 0 Å². The number of hydrogen-bond donors (Lipinski definition) is 2. The van der Waals surface area contributed by atoms with Crippen LogP contribution in [0.1, 0.15) is 16.5 Å². The molecule has 2 nitrogen and oxygen atoms in total. The van der Waals surface area contributed by atoms with Crippen LogP contribution in [-0.2, 0) is 6.54 Å². The fraction of sp³-hybridized carbons (Fsp3) is 0.231. The summed E-state index contributed by atoms with van der Waals surface area (Å²) < 4.78 is 14.1. The summed E-state index contributed by atoms with van der Waals surface area (Å²) in [5.41, 5.74) is 6.62. The molecule has 18 heavy (non-hydrogen) atoms. The number of hydrogen-bond acceptors (Lipinski definition) is 3. The summed E-state index contributed by atoms with van der Waals surface area (Å²) in [5, 5.41) is 5.38. The summed E-state index contributed by atoms with van der Waals surface area (Å²) in [5.74, 6) is -0.246. The van der Waals surface area contributed by atoms with Crippen LogP contribution in [0.15, 0.2) is 40.2 Å². The summed E-state index contributed by atoms with van der Waals surface area (Å²) >= 11 is 5.12. The summed E-state index contributed by atoms with van der Waals surface area (Å²) in [6.07, 6.45) is 0. The zero-order chi connectivity index (χ0) is 13.0. The zero-order valence-corrected chi connectivity index (χ0v) is 12.1. The molecule has 1 atom stereocenters. The highest BCUT2D eigenvalue weighted by Gasteiger charge is 2.13. The van der Waals surface area contributed by atoms with Gasteiger partial charge in [-0.05, 0) is 35.2 Å². The lowest BCUT2D eigenvalue weighted by atomic mass is 10.1. The molecule has 0 spiro atoms. The molecule has 1 aromatic carbocycles. The lowest BCUT2D eigenvalue weighted by Crippen LogP contribution is -2.28. The minimum absolute atomic E-state index is 0.0582. The lowest BCUT2D eigenvalue weighted by Gasteiger charge is -2.18. The maximum atomic E-state index is 13.3. The van der Waals surface area contributed by atoms with Crippen molar-refractivity contribution in [3.63, 3.8) is 0 Å². The smallest absolute Gasteiger partial charge is 0.123 e. The highest BCUT2D eigenvalue weighted by Crippen LogP contribution is 2.24. The summed E-state index contributed by atoms with van der Waals surface area (Å²) in [4.78, 5) is 1.24. The standard InChI is InChI=1S/C13H14BrFN2S/c14-12-4-3-9(15)6-11(12)13(7-16)17-8-10-2-1-5-18-10/h1-6,13,17H,7-8,16H2. The Morgan fingerprint density at radius 3 is 2.89 bits per heavy atom. The van der Waals surface area contributed by atoms with E-state index in [4.69, 9.17) is 5.73 Å². The number of nitrogens with one attached hydrogen (secondary N) is 1. The van der Waals surface area contributed by atoms with Crippen LogP contribution in [0.3, 0.4) is 0 Å². The van der Waals surface area contributed by atoms with Gasteiger partial charge in [-0.2, -0.15) is 0 Å². The third kappa shape index (κ3) is 3.38. The lowest BCUT2D eigenvalue weighted by molar-refractivity contribution is 0.537. The first-order valence-electron chi connectivity index (χ1n) is 5.61. The van der Waals surface area contributed by atoms with Gasteiger partial charge in [-0.15, -0.1) is 11.3 Å². The van der Waals surface area contributed by atoms with Crippen LogP contribution >= 0.6 is 27.3 Å². The Bertz CT molecular complexity index is 502. The van der Waals surface area contributed by atoms with Gasteiger partial charge in [0.05, 0.1) is 0 Å². The van der Waals surface area contributed by atoms with Gasteiger partial charge >= 0.3 is 0 Å². The van der Waals surface area contributed by atoms with Crippen molar-refractivity contribution < 1.29 is 4.39 Å². The summed E-state index contributed by atoms with van der Waals surface area (Å²) in [6, 6.07) is 8.67. The fourth-order valence-electron chi connectivity index (χ4n) is 1.74. The SMILES string of the molecule is NCC(NCc1cccs1)c1cc(F)ccc1Br. The van der Waals surface area contributed by atoms with Gasteiger partial charge in [0.15, 0.2) is 0 Å². The van der Waals surface area contributed by atoms with Gasteiger partial charge in [-0.3, -0.25) is 0 Å². The molecule has 0 fully saturated rings. The van der Waals surface area contributed by atoms with Gasteiger partial charge < -0.3 is 11.1 Å². The number of halogens is 2. The van der Waals surface area contributed by atoms with Crippen LogP contribution in [0, 0.1) is 5.82 Å². The molecule has 0 amide bonds. The molecule has 0 saturated carbocycles. The molecular weight excluding hydrogens is 315 g/mol. The van der Waals surface area contributed by atoms with Crippen LogP contribution in [0.25, 0.3) is 0 Å². The fourth-order valence-corrected chi connectivity index (χ4v) is 2.92. The molecule has 2 rings (SSSR count). The average Bonchev–Trinajstić information content (AvgIpc) is 2.87. The molecule has 0 bridgehead atoms. The van der Waals surface area contributed by atoms with Gasteiger partial charge in [0.2, 0.25) is 0 Å². The third-order valence-corrected chi connectivity index (χ3v) is 4.27. The molecule has 0 radical (unpaired) electrons. The second-order valence-electron chi connectivity index (χ2n) is 3.91. The second-order valence-corrected chi connectivity index (χ2v) is 5.80. The minimum atomic E-state index is -0.246. The molecule has 2 aromatic rings. The van der Waals surface area contributed by atoms with Gasteiger partial charge in [-0.1, -0.05) is 22.0 Å². The molecule has 5 heteroatoms. The molecular formula is C13H14BrFN2S. The van der Waals surface area contributed by atoms with Gasteiger partial charge in [0.1, 0.15) is 5.82 Å². The van der Waals surface area contributed by atoms with Crippen LogP contribution in [0.4, 0.5) is 4.39 Å². The monoisotopic (exact) mass is 328 g/mol. The second kappa shape index (κ2) is 6.43. The van der Waals surface area contributed by atoms with Crippen molar-refractivity contribution in [2.45, 2.75) is 12.6 Å². The zero-order valence-electron chi connectivity index (χ0n) is 9.70. The first-order chi connectivity index (χ1) is 8.70. The van der Waals surface area contributed by atoms with E-state index in [0.29, 0.717) is 6.54 Å². The van der Waals surface area contributed by atoms with E-state index in [9.17, 15) is 4.39 Å². The van der Waals surface area contributed by atoms with Crippen LogP contribution in [0.5, 0.6) is 0 Å². The molecule has 0 aliphatic carbocycles. The highest BCUT2D eigenvalue weighted by atomic mass is 79.9. The van der Waals surface area contributed by atoms with E-state index in [-0.39, 0.29) is 11.9 Å². The van der Waals surface area contributed by atoms with Gasteiger partial charge in [0, 0.05) is 28.5 Å². The van der Waals surface area contributed by atoms with E-state index < -0.39 is 0 Å².